The van der Waals surface area contributed by atoms with Crippen LogP contribution >= 0.6 is 11.6 Å². The van der Waals surface area contributed by atoms with Crippen molar-refractivity contribution < 1.29 is 18.0 Å². The molecule has 2 aromatic carbocycles. The summed E-state index contributed by atoms with van der Waals surface area (Å²) in [6, 6.07) is 11.5. The molecule has 0 radical (unpaired) electrons. The second kappa shape index (κ2) is 7.98. The lowest BCUT2D eigenvalue weighted by molar-refractivity contribution is -0.137. The number of hydrogen-bond donors (Lipinski definition) is 0. The van der Waals surface area contributed by atoms with Crippen LogP contribution in [0.5, 0.6) is 0 Å². The van der Waals surface area contributed by atoms with Crippen LogP contribution in [-0.4, -0.2) is 27.3 Å². The number of carbonyl (C=O) groups excluding carboxylic acids is 1. The molecule has 0 aliphatic heterocycles. The second-order valence-corrected chi connectivity index (χ2v) is 7.27. The topological polar surface area (TPSA) is 74.3 Å². The number of hydrogen-bond acceptors (Lipinski definition) is 4. The van der Waals surface area contributed by atoms with Gasteiger partial charge < -0.3 is 4.90 Å². The van der Waals surface area contributed by atoms with Gasteiger partial charge in [-0.15, -0.1) is 0 Å². The van der Waals surface area contributed by atoms with Crippen LogP contribution < -0.4 is 4.90 Å². The minimum Gasteiger partial charge on any atom is -0.310 e. The Balaban J connectivity index is 1.71. The van der Waals surface area contributed by atoms with E-state index in [1.807, 2.05) is 6.07 Å². The number of carbonyl (C=O) groups is 1. The third-order valence-electron chi connectivity index (χ3n) is 4.88. The molecular formula is C22H13ClF3N5O. The highest BCUT2D eigenvalue weighted by Crippen LogP contribution is 2.35. The van der Waals surface area contributed by atoms with Crippen LogP contribution in [0.15, 0.2) is 61.1 Å². The van der Waals surface area contributed by atoms with E-state index in [9.17, 15) is 18.0 Å². The number of anilines is 1. The number of alkyl halides is 3. The van der Waals surface area contributed by atoms with Crippen LogP contribution in [0.3, 0.4) is 0 Å². The van der Waals surface area contributed by atoms with E-state index >= 15 is 0 Å². The van der Waals surface area contributed by atoms with E-state index in [1.165, 1.54) is 29.6 Å². The van der Waals surface area contributed by atoms with E-state index in [0.717, 1.165) is 12.1 Å². The van der Waals surface area contributed by atoms with Gasteiger partial charge in [0.25, 0.3) is 5.91 Å². The van der Waals surface area contributed by atoms with E-state index in [1.54, 1.807) is 35.7 Å². The number of nitriles is 1. The first-order chi connectivity index (χ1) is 15.2. The van der Waals surface area contributed by atoms with Crippen molar-refractivity contribution in [2.75, 3.05) is 11.9 Å². The maximum atomic E-state index is 13.0. The van der Waals surface area contributed by atoms with Crippen molar-refractivity contribution in [2.24, 2.45) is 0 Å². The van der Waals surface area contributed by atoms with Gasteiger partial charge in [0.15, 0.2) is 5.65 Å². The summed E-state index contributed by atoms with van der Waals surface area (Å²) in [5, 5.41) is 8.82. The molecule has 2 heterocycles. The Morgan fingerprint density at radius 1 is 1.12 bits per heavy atom. The molecule has 2 aromatic heterocycles. The predicted molar refractivity (Wildman–Crippen MR) is 112 cm³/mol. The van der Waals surface area contributed by atoms with Gasteiger partial charge in [-0.2, -0.15) is 18.4 Å². The zero-order valence-corrected chi connectivity index (χ0v) is 17.2. The van der Waals surface area contributed by atoms with Gasteiger partial charge in [-0.3, -0.25) is 9.20 Å². The predicted octanol–water partition coefficient (Wildman–Crippen LogP) is 5.22. The van der Waals surface area contributed by atoms with E-state index in [2.05, 4.69) is 9.97 Å². The molecule has 0 aliphatic rings. The first-order valence-electron chi connectivity index (χ1n) is 9.17. The molecule has 32 heavy (non-hydrogen) atoms. The highest BCUT2D eigenvalue weighted by Gasteiger charge is 2.31. The van der Waals surface area contributed by atoms with Crippen molar-refractivity contribution in [1.82, 2.24) is 14.4 Å². The monoisotopic (exact) mass is 455 g/mol. The zero-order chi connectivity index (χ0) is 23.0. The Hall–Kier alpha value is -3.90. The molecule has 4 rings (SSSR count). The molecule has 0 aliphatic carbocycles. The van der Waals surface area contributed by atoms with Crippen LogP contribution in [-0.2, 0) is 6.18 Å². The summed E-state index contributed by atoms with van der Waals surface area (Å²) < 4.78 is 40.4. The van der Waals surface area contributed by atoms with Gasteiger partial charge in [0, 0.05) is 24.5 Å². The first kappa shape index (κ1) is 21.3. The fraction of sp³-hybridized carbons (Fsp3) is 0.0909. The number of halogens is 4. The molecule has 0 atom stereocenters. The Kier molecular flexibility index (Phi) is 5.32. The van der Waals surface area contributed by atoms with Gasteiger partial charge in [0.1, 0.15) is 5.69 Å². The molecule has 160 valence electrons. The molecule has 0 bridgehead atoms. The van der Waals surface area contributed by atoms with Gasteiger partial charge in [-0.25, -0.2) is 9.97 Å². The van der Waals surface area contributed by atoms with Crippen molar-refractivity contribution in [3.63, 3.8) is 0 Å². The quantitative estimate of drug-likeness (QED) is 0.424. The molecule has 10 heteroatoms. The molecule has 0 N–H and O–H groups in total. The third-order valence-corrected chi connectivity index (χ3v) is 5.19. The summed E-state index contributed by atoms with van der Waals surface area (Å²) in [5.74, 6) is -0.422. The van der Waals surface area contributed by atoms with Crippen molar-refractivity contribution in [1.29, 1.82) is 5.26 Å². The number of benzene rings is 2. The third kappa shape index (κ3) is 3.88. The highest BCUT2D eigenvalue weighted by atomic mass is 35.5. The lowest BCUT2D eigenvalue weighted by atomic mass is 10.1. The Morgan fingerprint density at radius 2 is 1.84 bits per heavy atom. The van der Waals surface area contributed by atoms with Gasteiger partial charge in [0.2, 0.25) is 0 Å². The van der Waals surface area contributed by atoms with Crippen LogP contribution in [0.25, 0.3) is 16.9 Å². The largest absolute Gasteiger partial charge is 0.416 e. The van der Waals surface area contributed by atoms with E-state index in [-0.39, 0.29) is 10.7 Å². The molecule has 6 nitrogen and oxygen atoms in total. The maximum absolute atomic E-state index is 13.0. The van der Waals surface area contributed by atoms with Crippen LogP contribution in [0, 0.1) is 11.3 Å². The summed E-state index contributed by atoms with van der Waals surface area (Å²) in [5.41, 5.74) is 1.40. The average molecular weight is 456 g/mol. The van der Waals surface area contributed by atoms with Crippen LogP contribution in [0.1, 0.15) is 21.6 Å². The van der Waals surface area contributed by atoms with Crippen molar-refractivity contribution in [3.8, 4) is 17.3 Å². The van der Waals surface area contributed by atoms with Crippen molar-refractivity contribution in [2.45, 2.75) is 6.18 Å². The Morgan fingerprint density at radius 3 is 2.47 bits per heavy atom. The highest BCUT2D eigenvalue weighted by molar-refractivity contribution is 6.33. The molecule has 0 saturated carbocycles. The van der Waals surface area contributed by atoms with E-state index in [0.29, 0.717) is 28.2 Å². The molecule has 4 aromatic rings. The maximum Gasteiger partial charge on any atom is 0.416 e. The summed E-state index contributed by atoms with van der Waals surface area (Å²) in [7, 11) is 1.57. The van der Waals surface area contributed by atoms with Crippen molar-refractivity contribution >= 4 is 28.8 Å². The number of nitrogens with zero attached hydrogens (tertiary/aromatic N) is 5. The fourth-order valence-electron chi connectivity index (χ4n) is 3.15. The molecule has 1 amide bonds. The molecule has 0 spiro atoms. The summed E-state index contributed by atoms with van der Waals surface area (Å²) in [6.07, 6.45) is -0.221. The van der Waals surface area contributed by atoms with Crippen LogP contribution in [0.2, 0.25) is 5.02 Å². The molecule has 0 unspecified atom stereocenters. The molecule has 0 fully saturated rings. The average Bonchev–Trinajstić information content (AvgIpc) is 3.20. The minimum absolute atomic E-state index is 0.0895. The normalized spacial score (nSPS) is 11.4. The van der Waals surface area contributed by atoms with Gasteiger partial charge >= 0.3 is 6.18 Å². The summed E-state index contributed by atoms with van der Waals surface area (Å²) in [6.45, 7) is 0. The van der Waals surface area contributed by atoms with Crippen LogP contribution in [0.4, 0.5) is 18.9 Å². The SMILES string of the molecule is CN(C(=O)c1cn2c(-c3ccc(C(F)(F)F)cc3Cl)cnc2cn1)c1ccc(C#N)cc1. The summed E-state index contributed by atoms with van der Waals surface area (Å²) in [4.78, 5) is 22.7. The fourth-order valence-corrected chi connectivity index (χ4v) is 3.42. The zero-order valence-electron chi connectivity index (χ0n) is 16.4. The van der Waals surface area contributed by atoms with Gasteiger partial charge in [-0.1, -0.05) is 17.7 Å². The minimum atomic E-state index is -4.51. The number of rotatable bonds is 3. The Labute approximate surface area is 185 Å². The number of fused-ring (bicyclic) bond motifs is 1. The molecular weight excluding hydrogens is 443 g/mol. The lowest BCUT2D eigenvalue weighted by Gasteiger charge is -2.17. The lowest BCUT2D eigenvalue weighted by Crippen LogP contribution is -2.27. The van der Waals surface area contributed by atoms with Crippen molar-refractivity contribution in [3.05, 3.63) is 82.9 Å². The smallest absolute Gasteiger partial charge is 0.310 e. The first-order valence-corrected chi connectivity index (χ1v) is 9.55. The molecule has 0 saturated heterocycles. The number of aromatic nitrogens is 3. The van der Waals surface area contributed by atoms with E-state index < -0.39 is 17.6 Å². The standard InChI is InChI=1S/C22H13ClF3N5O/c1-30(15-5-2-13(9-27)3-6-15)21(32)18-12-31-19(10-29-20(31)11-28-18)16-7-4-14(8-17(16)23)22(24,25)26/h2-8,10-12H,1H3. The van der Waals surface area contributed by atoms with Gasteiger partial charge in [-0.05, 0) is 36.4 Å². The second-order valence-electron chi connectivity index (χ2n) is 6.86. The number of amides is 1. The Bertz CT molecular complexity index is 1370. The number of imidazole rings is 1. The van der Waals surface area contributed by atoms with E-state index in [4.69, 9.17) is 16.9 Å². The summed E-state index contributed by atoms with van der Waals surface area (Å²) >= 11 is 6.13. The van der Waals surface area contributed by atoms with Gasteiger partial charge in [0.05, 0.1) is 40.3 Å².